The van der Waals surface area contributed by atoms with Gasteiger partial charge < -0.3 is 14.8 Å². The number of benzene rings is 2. The van der Waals surface area contributed by atoms with E-state index in [2.05, 4.69) is 10.1 Å². The number of halogens is 3. The Labute approximate surface area is 142 Å². The number of amides is 1. The normalized spacial score (nSPS) is 10.9. The first-order chi connectivity index (χ1) is 12.0. The van der Waals surface area contributed by atoms with Gasteiger partial charge in [0.05, 0.1) is 6.61 Å². The molecule has 0 aliphatic heterocycles. The molecule has 0 saturated carbocycles. The zero-order valence-corrected chi connectivity index (χ0v) is 13.3. The molecule has 2 rings (SSSR count). The number of nitrogens with one attached hydrogen (secondary N) is 1. The molecule has 25 heavy (non-hydrogen) atoms. The highest BCUT2D eigenvalue weighted by atomic mass is 19.3. The first-order valence-electron chi connectivity index (χ1n) is 7.44. The molecule has 4 nitrogen and oxygen atoms in total. The van der Waals surface area contributed by atoms with Crippen LogP contribution in [0.5, 0.6) is 11.5 Å². The van der Waals surface area contributed by atoms with Crippen LogP contribution in [0, 0.1) is 5.82 Å². The Kier molecular flexibility index (Phi) is 6.45. The Hall–Kier alpha value is -2.96. The van der Waals surface area contributed by atoms with Crippen molar-refractivity contribution in [3.63, 3.8) is 0 Å². The maximum absolute atomic E-state index is 12.8. The smallest absolute Gasteiger partial charge is 0.387 e. The van der Waals surface area contributed by atoms with Gasteiger partial charge in [0.1, 0.15) is 5.82 Å². The van der Waals surface area contributed by atoms with Crippen molar-refractivity contribution >= 4 is 17.7 Å². The fourth-order valence-corrected chi connectivity index (χ4v) is 1.98. The summed E-state index contributed by atoms with van der Waals surface area (Å²) in [5, 5.41) is 2.57. The van der Waals surface area contributed by atoms with Gasteiger partial charge in [-0.15, -0.1) is 0 Å². The molecule has 132 valence electrons. The summed E-state index contributed by atoms with van der Waals surface area (Å²) < 4.78 is 47.2. The van der Waals surface area contributed by atoms with Gasteiger partial charge in [-0.1, -0.05) is 6.07 Å². The predicted molar refractivity (Wildman–Crippen MR) is 88.3 cm³/mol. The minimum absolute atomic E-state index is 0.0789. The first-order valence-corrected chi connectivity index (χ1v) is 7.44. The Morgan fingerprint density at radius 3 is 2.52 bits per heavy atom. The van der Waals surface area contributed by atoms with Crippen LogP contribution in [0.4, 0.5) is 18.9 Å². The third kappa shape index (κ3) is 5.87. The first kappa shape index (κ1) is 18.4. The Morgan fingerprint density at radius 1 is 1.16 bits per heavy atom. The molecule has 0 radical (unpaired) electrons. The lowest BCUT2D eigenvalue weighted by atomic mass is 10.2. The number of rotatable bonds is 7. The topological polar surface area (TPSA) is 47.6 Å². The number of anilines is 1. The van der Waals surface area contributed by atoms with Crippen molar-refractivity contribution in [1.82, 2.24) is 0 Å². The van der Waals surface area contributed by atoms with Crippen LogP contribution in [0.15, 0.2) is 48.5 Å². The number of ether oxygens (including phenoxy) is 2. The van der Waals surface area contributed by atoms with Crippen LogP contribution in [0.3, 0.4) is 0 Å². The van der Waals surface area contributed by atoms with Crippen molar-refractivity contribution in [2.45, 2.75) is 13.5 Å². The number of hydrogen-bond donors (Lipinski definition) is 1. The van der Waals surface area contributed by atoms with E-state index in [1.165, 1.54) is 54.6 Å². The highest BCUT2D eigenvalue weighted by Crippen LogP contribution is 2.30. The monoisotopic (exact) mass is 351 g/mol. The number of carbonyl (C=O) groups is 1. The van der Waals surface area contributed by atoms with E-state index in [0.29, 0.717) is 11.3 Å². The van der Waals surface area contributed by atoms with Crippen molar-refractivity contribution in [3.05, 3.63) is 59.9 Å². The van der Waals surface area contributed by atoms with Gasteiger partial charge in [-0.05, 0) is 55.0 Å². The van der Waals surface area contributed by atoms with Crippen LogP contribution in [-0.4, -0.2) is 19.1 Å². The molecule has 0 bridgehead atoms. The minimum Gasteiger partial charge on any atom is -0.490 e. The average Bonchev–Trinajstić information content (AvgIpc) is 2.57. The summed E-state index contributed by atoms with van der Waals surface area (Å²) >= 11 is 0. The van der Waals surface area contributed by atoms with E-state index in [1.54, 1.807) is 6.92 Å². The zero-order chi connectivity index (χ0) is 18.2. The number of hydrogen-bond acceptors (Lipinski definition) is 3. The largest absolute Gasteiger partial charge is 0.490 e. The Balaban J connectivity index is 2.07. The van der Waals surface area contributed by atoms with E-state index in [1.807, 2.05) is 0 Å². The zero-order valence-electron chi connectivity index (χ0n) is 13.3. The Bertz CT molecular complexity index is 746. The summed E-state index contributed by atoms with van der Waals surface area (Å²) in [6.45, 7) is -0.968. The van der Waals surface area contributed by atoms with Crippen molar-refractivity contribution in [1.29, 1.82) is 0 Å². The fourth-order valence-electron chi connectivity index (χ4n) is 1.98. The van der Waals surface area contributed by atoms with Crippen molar-refractivity contribution < 1.29 is 27.4 Å². The predicted octanol–water partition coefficient (Wildman–Crippen LogP) is 4.48. The van der Waals surface area contributed by atoms with Gasteiger partial charge in [0.15, 0.2) is 11.5 Å². The maximum Gasteiger partial charge on any atom is 0.387 e. The molecule has 0 saturated heterocycles. The molecule has 0 aromatic heterocycles. The highest BCUT2D eigenvalue weighted by molar-refractivity contribution is 6.01. The molecule has 0 aliphatic rings. The van der Waals surface area contributed by atoms with Gasteiger partial charge in [0.2, 0.25) is 5.91 Å². The van der Waals surface area contributed by atoms with E-state index in [9.17, 15) is 18.0 Å². The standard InChI is InChI=1S/C18H16F3NO3/c1-2-24-16-11-12(3-9-15(16)25-18(20)21)4-10-17(23)22-14-7-5-13(19)6-8-14/h3-11,18H,2H2,1H3,(H,22,23)/b10-4+. The Morgan fingerprint density at radius 2 is 1.88 bits per heavy atom. The van der Waals surface area contributed by atoms with E-state index < -0.39 is 18.3 Å². The molecule has 2 aromatic carbocycles. The molecule has 7 heteroatoms. The highest BCUT2D eigenvalue weighted by Gasteiger charge is 2.11. The second-order valence-electron chi connectivity index (χ2n) is 4.85. The lowest BCUT2D eigenvalue weighted by Gasteiger charge is -2.11. The molecule has 0 atom stereocenters. The molecule has 2 aromatic rings. The van der Waals surface area contributed by atoms with Crippen LogP contribution in [0.2, 0.25) is 0 Å². The lowest BCUT2D eigenvalue weighted by Crippen LogP contribution is -2.07. The summed E-state index contributed by atoms with van der Waals surface area (Å²) in [6, 6.07) is 9.68. The van der Waals surface area contributed by atoms with Gasteiger partial charge in [-0.25, -0.2) is 4.39 Å². The second kappa shape index (κ2) is 8.77. The van der Waals surface area contributed by atoms with E-state index >= 15 is 0 Å². The van der Waals surface area contributed by atoms with Gasteiger partial charge >= 0.3 is 6.61 Å². The van der Waals surface area contributed by atoms with E-state index in [0.717, 1.165) is 0 Å². The summed E-state index contributed by atoms with van der Waals surface area (Å²) in [7, 11) is 0. The van der Waals surface area contributed by atoms with Gasteiger partial charge in [-0.2, -0.15) is 8.78 Å². The summed E-state index contributed by atoms with van der Waals surface area (Å²) in [5.74, 6) is -0.741. The molecule has 0 aliphatic carbocycles. The van der Waals surface area contributed by atoms with Crippen molar-refractivity contribution in [2.24, 2.45) is 0 Å². The van der Waals surface area contributed by atoms with Crippen molar-refractivity contribution in [3.8, 4) is 11.5 Å². The summed E-state index contributed by atoms with van der Waals surface area (Å²) in [5.41, 5.74) is 1.02. The number of carbonyl (C=O) groups excluding carboxylic acids is 1. The second-order valence-corrected chi connectivity index (χ2v) is 4.85. The average molecular weight is 351 g/mol. The molecular formula is C18H16F3NO3. The molecule has 0 spiro atoms. The van der Waals surface area contributed by atoms with Crippen LogP contribution in [0.25, 0.3) is 6.08 Å². The third-order valence-electron chi connectivity index (χ3n) is 3.02. The molecule has 1 amide bonds. The van der Waals surface area contributed by atoms with Gasteiger partial charge in [0.25, 0.3) is 0 Å². The molecule has 0 unspecified atom stereocenters. The van der Waals surface area contributed by atoms with E-state index in [-0.39, 0.29) is 18.1 Å². The molecular weight excluding hydrogens is 335 g/mol. The number of alkyl halides is 2. The van der Waals surface area contributed by atoms with Gasteiger partial charge in [0, 0.05) is 11.8 Å². The quantitative estimate of drug-likeness (QED) is 0.749. The van der Waals surface area contributed by atoms with Crippen LogP contribution < -0.4 is 14.8 Å². The van der Waals surface area contributed by atoms with Gasteiger partial charge in [-0.3, -0.25) is 4.79 Å². The summed E-state index contributed by atoms with van der Waals surface area (Å²) in [4.78, 5) is 11.8. The molecule has 0 fully saturated rings. The molecule has 1 N–H and O–H groups in total. The van der Waals surface area contributed by atoms with Crippen LogP contribution in [0.1, 0.15) is 12.5 Å². The van der Waals surface area contributed by atoms with Crippen molar-refractivity contribution in [2.75, 3.05) is 11.9 Å². The minimum atomic E-state index is -2.96. The third-order valence-corrected chi connectivity index (χ3v) is 3.02. The molecule has 0 heterocycles. The van der Waals surface area contributed by atoms with Crippen LogP contribution >= 0.6 is 0 Å². The maximum atomic E-state index is 12.8. The van der Waals surface area contributed by atoms with E-state index in [4.69, 9.17) is 4.74 Å². The lowest BCUT2D eigenvalue weighted by molar-refractivity contribution is -0.111. The summed E-state index contributed by atoms with van der Waals surface area (Å²) in [6.07, 6.45) is 2.76. The fraction of sp³-hybridized carbons (Fsp3) is 0.167. The van der Waals surface area contributed by atoms with Crippen LogP contribution in [-0.2, 0) is 4.79 Å². The SMILES string of the molecule is CCOc1cc(/C=C/C(=O)Nc2ccc(F)cc2)ccc1OC(F)F.